The molecule has 0 aliphatic carbocycles. The lowest BCUT2D eigenvalue weighted by Crippen LogP contribution is -2.54. The van der Waals surface area contributed by atoms with E-state index in [2.05, 4.69) is 13.6 Å². The Morgan fingerprint density at radius 1 is 1.03 bits per heavy atom. The molecular formula is C21H22ClN5O3S2. The number of carbonyl (C=O) groups is 1. The van der Waals surface area contributed by atoms with Gasteiger partial charge < -0.3 is 9.80 Å². The average Bonchev–Trinajstić information content (AvgIpc) is 3.48. The highest BCUT2D eigenvalue weighted by Gasteiger charge is 2.42. The van der Waals surface area contributed by atoms with Gasteiger partial charge in [0.2, 0.25) is 15.9 Å². The molecule has 1 atom stereocenters. The van der Waals surface area contributed by atoms with E-state index in [9.17, 15) is 13.2 Å². The number of hydrogen-bond acceptors (Lipinski definition) is 7. The van der Waals surface area contributed by atoms with Gasteiger partial charge in [0.1, 0.15) is 22.0 Å². The van der Waals surface area contributed by atoms with Gasteiger partial charge in [-0.3, -0.25) is 4.79 Å². The Bertz CT molecular complexity index is 1260. The molecule has 0 bridgehead atoms. The molecule has 168 valence electrons. The van der Waals surface area contributed by atoms with Crippen molar-refractivity contribution in [1.82, 2.24) is 18.0 Å². The maximum absolute atomic E-state index is 13.5. The van der Waals surface area contributed by atoms with Crippen LogP contribution in [0.5, 0.6) is 0 Å². The first-order chi connectivity index (χ1) is 15.4. The van der Waals surface area contributed by atoms with Crippen LogP contribution in [0.3, 0.4) is 0 Å². The zero-order chi connectivity index (χ0) is 22.3. The maximum atomic E-state index is 13.5. The number of carbonyl (C=O) groups excluding carboxylic acids is 1. The van der Waals surface area contributed by atoms with Crippen molar-refractivity contribution in [1.29, 1.82) is 0 Å². The molecule has 0 N–H and O–H groups in total. The first-order valence-electron chi connectivity index (χ1n) is 10.5. The van der Waals surface area contributed by atoms with E-state index in [0.29, 0.717) is 61.6 Å². The van der Waals surface area contributed by atoms with Gasteiger partial charge in [-0.05, 0) is 43.2 Å². The molecule has 2 fully saturated rings. The number of amides is 1. The summed E-state index contributed by atoms with van der Waals surface area (Å²) in [4.78, 5) is 17.4. The van der Waals surface area contributed by atoms with Crippen molar-refractivity contribution in [2.45, 2.75) is 23.8 Å². The highest BCUT2D eigenvalue weighted by atomic mass is 35.5. The number of nitrogens with zero attached hydrogens (tertiary/aromatic N) is 5. The molecular weight excluding hydrogens is 470 g/mol. The van der Waals surface area contributed by atoms with E-state index in [1.807, 2.05) is 24.3 Å². The molecule has 5 rings (SSSR count). The largest absolute Gasteiger partial charge is 0.368 e. The van der Waals surface area contributed by atoms with Gasteiger partial charge in [0.15, 0.2) is 0 Å². The summed E-state index contributed by atoms with van der Waals surface area (Å²) in [7, 11) is -3.86. The van der Waals surface area contributed by atoms with E-state index in [1.54, 1.807) is 23.1 Å². The van der Waals surface area contributed by atoms with Gasteiger partial charge in [-0.1, -0.05) is 23.7 Å². The van der Waals surface area contributed by atoms with E-state index in [4.69, 9.17) is 11.6 Å². The molecule has 2 saturated heterocycles. The quantitative estimate of drug-likeness (QED) is 0.557. The molecule has 3 aromatic rings. The van der Waals surface area contributed by atoms with Crippen LogP contribution in [0.4, 0.5) is 5.69 Å². The van der Waals surface area contributed by atoms with Crippen LogP contribution in [0.2, 0.25) is 5.02 Å². The third kappa shape index (κ3) is 3.85. The van der Waals surface area contributed by atoms with E-state index in [-0.39, 0.29) is 10.8 Å². The average molecular weight is 492 g/mol. The number of halogens is 1. The predicted molar refractivity (Wildman–Crippen MR) is 125 cm³/mol. The Morgan fingerprint density at radius 3 is 2.59 bits per heavy atom. The monoisotopic (exact) mass is 491 g/mol. The molecule has 3 heterocycles. The van der Waals surface area contributed by atoms with Crippen molar-refractivity contribution in [3.05, 3.63) is 47.5 Å². The number of piperazine rings is 1. The molecule has 0 unspecified atom stereocenters. The Kier molecular flexibility index (Phi) is 5.79. The maximum Gasteiger partial charge on any atom is 0.246 e. The molecule has 32 heavy (non-hydrogen) atoms. The van der Waals surface area contributed by atoms with Crippen molar-refractivity contribution in [2.75, 3.05) is 37.6 Å². The van der Waals surface area contributed by atoms with Crippen molar-refractivity contribution in [3.8, 4) is 0 Å². The van der Waals surface area contributed by atoms with Gasteiger partial charge >= 0.3 is 0 Å². The van der Waals surface area contributed by atoms with Crippen molar-refractivity contribution in [2.24, 2.45) is 0 Å². The Labute approximate surface area is 195 Å². The number of fused-ring (bicyclic) bond motifs is 1. The number of anilines is 1. The molecule has 0 radical (unpaired) electrons. The first kappa shape index (κ1) is 21.6. The second-order valence-corrected chi connectivity index (χ2v) is 10.8. The van der Waals surface area contributed by atoms with Gasteiger partial charge in [0.05, 0.1) is 11.7 Å². The minimum absolute atomic E-state index is 0.120. The fraction of sp³-hybridized carbons (Fsp3) is 0.381. The number of benzene rings is 2. The van der Waals surface area contributed by atoms with Gasteiger partial charge in [0.25, 0.3) is 0 Å². The molecule has 1 amide bonds. The van der Waals surface area contributed by atoms with Crippen LogP contribution in [-0.2, 0) is 14.8 Å². The summed E-state index contributed by atoms with van der Waals surface area (Å²) in [6.45, 7) is 2.77. The van der Waals surface area contributed by atoms with Gasteiger partial charge in [-0.25, -0.2) is 8.42 Å². The minimum atomic E-state index is -3.86. The zero-order valence-electron chi connectivity index (χ0n) is 17.2. The molecule has 0 saturated carbocycles. The second-order valence-electron chi connectivity index (χ2n) is 7.95. The normalized spacial score (nSPS) is 20.2. The van der Waals surface area contributed by atoms with Gasteiger partial charge in [0, 0.05) is 43.4 Å². The van der Waals surface area contributed by atoms with Crippen LogP contribution in [0.15, 0.2) is 47.4 Å². The summed E-state index contributed by atoms with van der Waals surface area (Å²) in [5, 5.41) is 0.679. The number of sulfonamides is 1. The summed E-state index contributed by atoms with van der Waals surface area (Å²) >= 11 is 7.09. The number of aromatic nitrogens is 2. The number of hydrogen-bond donors (Lipinski definition) is 0. The summed E-state index contributed by atoms with van der Waals surface area (Å²) in [6, 6.07) is 11.9. The molecule has 11 heteroatoms. The van der Waals surface area contributed by atoms with Crippen LogP contribution in [0.25, 0.3) is 11.0 Å². The molecule has 0 spiro atoms. The number of rotatable bonds is 4. The fourth-order valence-electron chi connectivity index (χ4n) is 4.46. The fourth-order valence-corrected chi connectivity index (χ4v) is 7.05. The van der Waals surface area contributed by atoms with E-state index in [0.717, 1.165) is 17.4 Å². The second kappa shape index (κ2) is 8.58. The zero-order valence-corrected chi connectivity index (χ0v) is 19.6. The van der Waals surface area contributed by atoms with E-state index < -0.39 is 16.1 Å². The molecule has 8 nitrogen and oxygen atoms in total. The van der Waals surface area contributed by atoms with Crippen LogP contribution in [0, 0.1) is 0 Å². The third-order valence-corrected chi connectivity index (χ3v) is 8.81. The van der Waals surface area contributed by atoms with Crippen molar-refractivity contribution >= 4 is 56.0 Å². The van der Waals surface area contributed by atoms with E-state index >= 15 is 0 Å². The van der Waals surface area contributed by atoms with Crippen LogP contribution in [0.1, 0.15) is 12.8 Å². The summed E-state index contributed by atoms with van der Waals surface area (Å²) in [6.07, 6.45) is 1.18. The molecule has 2 aromatic carbocycles. The Hall–Kier alpha value is -2.27. The summed E-state index contributed by atoms with van der Waals surface area (Å²) < 4.78 is 36.6. The molecule has 2 aliphatic heterocycles. The van der Waals surface area contributed by atoms with Crippen LogP contribution in [-0.4, -0.2) is 71.0 Å². The topological polar surface area (TPSA) is 86.7 Å². The lowest BCUT2D eigenvalue weighted by molar-refractivity contribution is -0.134. The third-order valence-electron chi connectivity index (χ3n) is 6.09. The smallest absolute Gasteiger partial charge is 0.246 e. The SMILES string of the molecule is O=C([C@H]1CCCN1S(=O)(=O)c1cccc2nsnc12)N1CCN(c2cccc(Cl)c2)CC1. The van der Waals surface area contributed by atoms with Crippen molar-refractivity contribution < 1.29 is 13.2 Å². The highest BCUT2D eigenvalue weighted by Crippen LogP contribution is 2.31. The van der Waals surface area contributed by atoms with Gasteiger partial charge in [-0.15, -0.1) is 0 Å². The molecule has 1 aromatic heterocycles. The highest BCUT2D eigenvalue weighted by molar-refractivity contribution is 7.89. The Morgan fingerprint density at radius 2 is 1.81 bits per heavy atom. The lowest BCUT2D eigenvalue weighted by atomic mass is 10.1. The Balaban J connectivity index is 1.33. The standard InChI is InChI=1S/C21H22ClN5O3S2/c22-15-4-1-5-16(14-15)25-10-12-26(13-11-25)21(28)18-7-3-9-27(18)32(29,30)19-8-2-6-17-20(19)24-31-23-17/h1-2,4-6,8,14,18H,3,7,9-13H2/t18-/m1/s1. The molecule has 2 aliphatic rings. The van der Waals surface area contributed by atoms with E-state index in [1.165, 1.54) is 4.31 Å². The van der Waals surface area contributed by atoms with Crippen LogP contribution < -0.4 is 4.90 Å². The summed E-state index contributed by atoms with van der Waals surface area (Å²) in [5.74, 6) is -0.125. The van der Waals surface area contributed by atoms with Crippen LogP contribution >= 0.6 is 23.3 Å². The first-order valence-corrected chi connectivity index (χ1v) is 13.0. The lowest BCUT2D eigenvalue weighted by Gasteiger charge is -2.38. The predicted octanol–water partition coefficient (Wildman–Crippen LogP) is 2.85. The summed E-state index contributed by atoms with van der Waals surface area (Å²) in [5.41, 5.74) is 1.95. The minimum Gasteiger partial charge on any atom is -0.368 e. The van der Waals surface area contributed by atoms with Gasteiger partial charge in [-0.2, -0.15) is 13.1 Å². The van der Waals surface area contributed by atoms with Crippen molar-refractivity contribution in [3.63, 3.8) is 0 Å².